The van der Waals surface area contributed by atoms with Crippen LogP contribution in [-0.4, -0.2) is 23.7 Å². The normalized spacial score (nSPS) is 19.8. The number of nitrogens with zero attached hydrogens (tertiary/aromatic N) is 2. The van der Waals surface area contributed by atoms with Gasteiger partial charge in [0.15, 0.2) is 5.82 Å². The second-order valence-corrected chi connectivity index (χ2v) is 4.29. The summed E-state index contributed by atoms with van der Waals surface area (Å²) in [6.07, 6.45) is -4.23. The average molecular weight is 278 g/mol. The molecule has 2 rings (SSSR count). The summed E-state index contributed by atoms with van der Waals surface area (Å²) < 4.78 is 52.0. The lowest BCUT2D eigenvalue weighted by molar-refractivity contribution is -0.385. The number of halogens is 4. The van der Waals surface area contributed by atoms with E-state index in [4.69, 9.17) is 0 Å². The molecule has 0 aromatic heterocycles. The van der Waals surface area contributed by atoms with Crippen LogP contribution in [0.2, 0.25) is 0 Å². The smallest absolute Gasteiger partial charge is 0.357 e. The van der Waals surface area contributed by atoms with Crippen LogP contribution in [0.5, 0.6) is 0 Å². The summed E-state index contributed by atoms with van der Waals surface area (Å²) in [5.74, 6) is -1.01. The van der Waals surface area contributed by atoms with E-state index in [0.717, 1.165) is 17.0 Å². The molecule has 1 aromatic carbocycles. The molecule has 0 saturated carbocycles. The van der Waals surface area contributed by atoms with Gasteiger partial charge in [-0.3, -0.25) is 10.1 Å². The third-order valence-electron chi connectivity index (χ3n) is 3.08. The fraction of sp³-hybridized carbons (Fsp3) is 0.455. The molecule has 1 aliphatic heterocycles. The number of nitro benzene ring substituents is 1. The molecule has 1 fully saturated rings. The number of hydrogen-bond donors (Lipinski definition) is 0. The van der Waals surface area contributed by atoms with Crippen molar-refractivity contribution in [2.24, 2.45) is 0 Å². The predicted molar refractivity (Wildman–Crippen MR) is 59.5 cm³/mol. The van der Waals surface area contributed by atoms with E-state index in [9.17, 15) is 27.7 Å². The van der Waals surface area contributed by atoms with Gasteiger partial charge in [-0.05, 0) is 18.9 Å². The Labute approximate surface area is 105 Å². The second kappa shape index (κ2) is 4.67. The van der Waals surface area contributed by atoms with Crippen molar-refractivity contribution in [1.82, 2.24) is 0 Å². The third-order valence-corrected chi connectivity index (χ3v) is 3.08. The van der Waals surface area contributed by atoms with Crippen molar-refractivity contribution in [3.8, 4) is 0 Å². The molecule has 0 amide bonds. The summed E-state index contributed by atoms with van der Waals surface area (Å²) in [4.78, 5) is 10.6. The maximum absolute atomic E-state index is 13.7. The molecule has 0 unspecified atom stereocenters. The Morgan fingerprint density at radius 2 is 2.05 bits per heavy atom. The molecular formula is C11H10F4N2O2. The van der Waals surface area contributed by atoms with Crippen LogP contribution in [0.3, 0.4) is 0 Å². The van der Waals surface area contributed by atoms with Crippen LogP contribution in [-0.2, 0) is 0 Å². The summed E-state index contributed by atoms with van der Waals surface area (Å²) in [5.41, 5.74) is -0.727. The highest BCUT2D eigenvalue weighted by molar-refractivity contribution is 5.54. The van der Waals surface area contributed by atoms with Gasteiger partial charge in [0, 0.05) is 12.6 Å². The quantitative estimate of drug-likeness (QED) is 0.474. The Morgan fingerprint density at radius 1 is 1.37 bits per heavy atom. The first-order chi connectivity index (χ1) is 8.80. The molecule has 19 heavy (non-hydrogen) atoms. The van der Waals surface area contributed by atoms with Crippen molar-refractivity contribution in [3.63, 3.8) is 0 Å². The number of rotatable bonds is 2. The van der Waals surface area contributed by atoms with Gasteiger partial charge in [0.25, 0.3) is 5.69 Å². The van der Waals surface area contributed by atoms with Crippen LogP contribution in [0.25, 0.3) is 0 Å². The fourth-order valence-corrected chi connectivity index (χ4v) is 2.24. The van der Waals surface area contributed by atoms with Crippen molar-refractivity contribution in [2.45, 2.75) is 25.1 Å². The molecule has 1 aromatic rings. The molecule has 1 heterocycles. The monoisotopic (exact) mass is 278 g/mol. The minimum absolute atomic E-state index is 0.0822. The van der Waals surface area contributed by atoms with Gasteiger partial charge in [0.2, 0.25) is 0 Å². The van der Waals surface area contributed by atoms with E-state index in [2.05, 4.69) is 0 Å². The molecular weight excluding hydrogens is 268 g/mol. The van der Waals surface area contributed by atoms with Crippen LogP contribution in [0.1, 0.15) is 12.8 Å². The van der Waals surface area contributed by atoms with Gasteiger partial charge in [-0.2, -0.15) is 13.2 Å². The van der Waals surface area contributed by atoms with Crippen molar-refractivity contribution >= 4 is 11.4 Å². The van der Waals surface area contributed by atoms with Crippen molar-refractivity contribution in [3.05, 3.63) is 34.1 Å². The zero-order valence-corrected chi connectivity index (χ0v) is 9.65. The topological polar surface area (TPSA) is 46.4 Å². The minimum Gasteiger partial charge on any atom is -0.357 e. The number of benzene rings is 1. The van der Waals surface area contributed by atoms with Crippen LogP contribution in [0.15, 0.2) is 18.2 Å². The van der Waals surface area contributed by atoms with Crippen LogP contribution in [0, 0.1) is 15.9 Å². The van der Waals surface area contributed by atoms with E-state index in [1.165, 1.54) is 0 Å². The largest absolute Gasteiger partial charge is 0.408 e. The minimum atomic E-state index is -4.44. The molecule has 0 N–H and O–H groups in total. The maximum Gasteiger partial charge on any atom is 0.408 e. The lowest BCUT2D eigenvalue weighted by Crippen LogP contribution is -2.41. The molecule has 1 aliphatic rings. The van der Waals surface area contributed by atoms with Crippen LogP contribution in [0.4, 0.5) is 28.9 Å². The molecule has 1 saturated heterocycles. The zero-order chi connectivity index (χ0) is 14.2. The van der Waals surface area contributed by atoms with Gasteiger partial charge in [-0.25, -0.2) is 4.39 Å². The molecule has 0 radical (unpaired) electrons. The van der Waals surface area contributed by atoms with E-state index < -0.39 is 28.6 Å². The second-order valence-electron chi connectivity index (χ2n) is 4.29. The van der Waals surface area contributed by atoms with Crippen molar-refractivity contribution in [1.29, 1.82) is 0 Å². The maximum atomic E-state index is 13.7. The molecule has 0 aliphatic carbocycles. The Balaban J connectivity index is 2.34. The first-order valence-corrected chi connectivity index (χ1v) is 5.58. The average Bonchev–Trinajstić information content (AvgIpc) is 2.77. The summed E-state index contributed by atoms with van der Waals surface area (Å²) in [6.45, 7) is 0.0822. The van der Waals surface area contributed by atoms with Crippen LogP contribution >= 0.6 is 0 Å². The molecule has 4 nitrogen and oxygen atoms in total. The molecule has 0 bridgehead atoms. The van der Waals surface area contributed by atoms with Gasteiger partial charge in [0.1, 0.15) is 6.04 Å². The number of anilines is 1. The molecule has 8 heteroatoms. The fourth-order valence-electron chi connectivity index (χ4n) is 2.24. The van der Waals surface area contributed by atoms with Gasteiger partial charge < -0.3 is 4.90 Å². The first kappa shape index (κ1) is 13.6. The number of alkyl halides is 3. The zero-order valence-electron chi connectivity index (χ0n) is 9.65. The number of nitro groups is 1. The standard InChI is InChI=1S/C11H10F4N2O2/c12-8-6-7(17(18)19)3-4-9(8)16-5-1-2-10(16)11(13,14)15/h3-4,6,10H,1-2,5H2/t10-/m0/s1. The summed E-state index contributed by atoms with van der Waals surface area (Å²) in [6, 6.07) is 0.937. The summed E-state index contributed by atoms with van der Waals surface area (Å²) in [5, 5.41) is 10.5. The lowest BCUT2D eigenvalue weighted by Gasteiger charge is -2.28. The Bertz CT molecular complexity index is 504. The van der Waals surface area contributed by atoms with Gasteiger partial charge in [-0.15, -0.1) is 0 Å². The van der Waals surface area contributed by atoms with Crippen LogP contribution < -0.4 is 4.90 Å². The van der Waals surface area contributed by atoms with E-state index in [0.29, 0.717) is 12.5 Å². The van der Waals surface area contributed by atoms with E-state index in [1.54, 1.807) is 0 Å². The number of non-ortho nitro benzene ring substituents is 1. The highest BCUT2D eigenvalue weighted by Gasteiger charge is 2.46. The van der Waals surface area contributed by atoms with Gasteiger partial charge in [-0.1, -0.05) is 0 Å². The number of hydrogen-bond acceptors (Lipinski definition) is 3. The van der Waals surface area contributed by atoms with Crippen molar-refractivity contribution < 1.29 is 22.5 Å². The summed E-state index contributed by atoms with van der Waals surface area (Å²) >= 11 is 0. The van der Waals surface area contributed by atoms with E-state index >= 15 is 0 Å². The molecule has 104 valence electrons. The summed E-state index contributed by atoms with van der Waals surface area (Å²) in [7, 11) is 0. The predicted octanol–water partition coefficient (Wildman–Crippen LogP) is 3.27. The lowest BCUT2D eigenvalue weighted by atomic mass is 10.2. The van der Waals surface area contributed by atoms with Gasteiger partial charge >= 0.3 is 6.18 Å². The Hall–Kier alpha value is -1.86. The first-order valence-electron chi connectivity index (χ1n) is 5.58. The molecule has 0 spiro atoms. The SMILES string of the molecule is O=[N+]([O-])c1ccc(N2CCC[C@H]2C(F)(F)F)c(F)c1. The molecule has 1 atom stereocenters. The highest BCUT2D eigenvalue weighted by atomic mass is 19.4. The van der Waals surface area contributed by atoms with Crippen molar-refractivity contribution in [2.75, 3.05) is 11.4 Å². The van der Waals surface area contributed by atoms with E-state index in [1.807, 2.05) is 0 Å². The highest BCUT2D eigenvalue weighted by Crippen LogP contribution is 2.37. The van der Waals surface area contributed by atoms with Gasteiger partial charge in [0.05, 0.1) is 16.7 Å². The third kappa shape index (κ3) is 2.61. The Kier molecular flexibility index (Phi) is 3.34. The Morgan fingerprint density at radius 3 is 2.58 bits per heavy atom. The van der Waals surface area contributed by atoms with E-state index in [-0.39, 0.29) is 18.7 Å².